The van der Waals surface area contributed by atoms with Crippen molar-refractivity contribution in [3.8, 4) is 0 Å². The summed E-state index contributed by atoms with van der Waals surface area (Å²) in [5, 5.41) is 0. The van der Waals surface area contributed by atoms with Crippen LogP contribution in [0.15, 0.2) is 0 Å². The van der Waals surface area contributed by atoms with Gasteiger partial charge >= 0.3 is 0 Å². The number of nitrogens with one attached hydrogen (secondary N) is 1. The molecule has 0 aliphatic rings. The summed E-state index contributed by atoms with van der Waals surface area (Å²) in [7, 11) is -1.91. The van der Waals surface area contributed by atoms with E-state index < -0.39 is 10.2 Å². The number of nitrogens with two attached hydrogens (primary N) is 1. The first-order valence-electron chi connectivity index (χ1n) is 5.17. The van der Waals surface area contributed by atoms with Crippen LogP contribution in [0, 0.1) is 5.92 Å². The van der Waals surface area contributed by atoms with Gasteiger partial charge in [-0.2, -0.15) is 12.7 Å². The Morgan fingerprint density at radius 1 is 1.44 bits per heavy atom. The van der Waals surface area contributed by atoms with Gasteiger partial charge in [-0.3, -0.25) is 0 Å². The van der Waals surface area contributed by atoms with Crippen molar-refractivity contribution >= 4 is 27.4 Å². The maximum absolute atomic E-state index is 11.8. The molecule has 0 aromatic rings. The van der Waals surface area contributed by atoms with Gasteiger partial charge in [0.2, 0.25) is 0 Å². The lowest BCUT2D eigenvalue weighted by molar-refractivity contribution is 0.387. The Labute approximate surface area is 104 Å². The third-order valence-electron chi connectivity index (χ3n) is 2.17. The molecule has 0 aliphatic carbocycles. The van der Waals surface area contributed by atoms with E-state index in [0.29, 0.717) is 18.0 Å². The van der Waals surface area contributed by atoms with Crippen LogP contribution < -0.4 is 10.5 Å². The first-order chi connectivity index (χ1) is 7.16. The summed E-state index contributed by atoms with van der Waals surface area (Å²) in [6.45, 7) is 6.09. The SMILES string of the molecule is CC(C)CNS(=O)(=O)N(C)C(C)CC(N)=S. The van der Waals surface area contributed by atoms with Crippen LogP contribution in [-0.4, -0.2) is 37.3 Å². The fourth-order valence-electron chi connectivity index (χ4n) is 1.03. The number of nitrogens with zero attached hydrogens (tertiary/aromatic N) is 1. The van der Waals surface area contributed by atoms with Gasteiger partial charge in [0.1, 0.15) is 0 Å². The second-order valence-electron chi connectivity index (χ2n) is 4.28. The molecule has 5 nitrogen and oxygen atoms in total. The van der Waals surface area contributed by atoms with Crippen LogP contribution in [0.2, 0.25) is 0 Å². The number of hydrogen-bond acceptors (Lipinski definition) is 3. The van der Waals surface area contributed by atoms with Crippen molar-refractivity contribution in [2.45, 2.75) is 33.2 Å². The lowest BCUT2D eigenvalue weighted by Crippen LogP contribution is -2.45. The molecule has 0 rings (SSSR count). The van der Waals surface area contributed by atoms with E-state index in [0.717, 1.165) is 0 Å². The summed E-state index contributed by atoms with van der Waals surface area (Å²) in [4.78, 5) is 0.318. The quantitative estimate of drug-likeness (QED) is 0.658. The number of thiocarbonyl (C=S) groups is 1. The predicted octanol–water partition coefficient (Wildman–Crippen LogP) is 0.473. The summed E-state index contributed by atoms with van der Waals surface area (Å²) in [6.07, 6.45) is 0.383. The molecule has 1 atom stereocenters. The van der Waals surface area contributed by atoms with E-state index in [-0.39, 0.29) is 12.0 Å². The molecule has 96 valence electrons. The molecule has 3 N–H and O–H groups in total. The molecule has 0 spiro atoms. The largest absolute Gasteiger partial charge is 0.393 e. The standard InChI is InChI=1S/C9H21N3O2S2/c1-7(2)6-11-16(13,14)12(4)8(3)5-9(10)15/h7-8,11H,5-6H2,1-4H3,(H2,10,15). The van der Waals surface area contributed by atoms with Gasteiger partial charge in [0, 0.05) is 26.1 Å². The van der Waals surface area contributed by atoms with Gasteiger partial charge in [-0.1, -0.05) is 26.1 Å². The van der Waals surface area contributed by atoms with E-state index in [1.54, 1.807) is 6.92 Å². The van der Waals surface area contributed by atoms with E-state index in [1.165, 1.54) is 11.4 Å². The zero-order chi connectivity index (χ0) is 12.9. The first kappa shape index (κ1) is 15.8. The average Bonchev–Trinajstić information content (AvgIpc) is 2.12. The second kappa shape index (κ2) is 6.48. The minimum Gasteiger partial charge on any atom is -0.393 e. The molecule has 0 radical (unpaired) electrons. The smallest absolute Gasteiger partial charge is 0.279 e. The molecule has 0 heterocycles. The van der Waals surface area contributed by atoms with E-state index in [1.807, 2.05) is 13.8 Å². The summed E-state index contributed by atoms with van der Waals surface area (Å²) in [5.74, 6) is 0.272. The van der Waals surface area contributed by atoms with Crippen molar-refractivity contribution in [2.75, 3.05) is 13.6 Å². The van der Waals surface area contributed by atoms with E-state index in [4.69, 9.17) is 18.0 Å². The Morgan fingerprint density at radius 3 is 2.31 bits per heavy atom. The average molecular weight is 267 g/mol. The fourth-order valence-corrected chi connectivity index (χ4v) is 2.57. The maximum Gasteiger partial charge on any atom is 0.279 e. The minimum absolute atomic E-state index is 0.234. The normalized spacial score (nSPS) is 14.4. The third kappa shape index (κ3) is 5.74. The van der Waals surface area contributed by atoms with Gasteiger partial charge in [0.25, 0.3) is 10.2 Å². The molecule has 7 heteroatoms. The first-order valence-corrected chi connectivity index (χ1v) is 7.02. The van der Waals surface area contributed by atoms with Crippen LogP contribution in [0.25, 0.3) is 0 Å². The molecular weight excluding hydrogens is 246 g/mol. The Morgan fingerprint density at radius 2 is 1.94 bits per heavy atom. The highest BCUT2D eigenvalue weighted by Crippen LogP contribution is 2.06. The number of hydrogen-bond donors (Lipinski definition) is 2. The van der Waals surface area contributed by atoms with Crippen LogP contribution >= 0.6 is 12.2 Å². The Kier molecular flexibility index (Phi) is 6.39. The van der Waals surface area contributed by atoms with Crippen LogP contribution in [0.5, 0.6) is 0 Å². The molecule has 0 aromatic carbocycles. The Hall–Kier alpha value is -0.240. The zero-order valence-electron chi connectivity index (χ0n) is 10.2. The monoisotopic (exact) mass is 267 g/mol. The third-order valence-corrected chi connectivity index (χ3v) is 3.99. The minimum atomic E-state index is -3.43. The molecule has 0 aromatic heterocycles. The van der Waals surface area contributed by atoms with Crippen LogP contribution in [0.3, 0.4) is 0 Å². The van der Waals surface area contributed by atoms with E-state index in [9.17, 15) is 8.42 Å². The van der Waals surface area contributed by atoms with E-state index >= 15 is 0 Å². The van der Waals surface area contributed by atoms with Crippen LogP contribution in [0.1, 0.15) is 27.2 Å². The van der Waals surface area contributed by atoms with Crippen molar-refractivity contribution in [3.63, 3.8) is 0 Å². The van der Waals surface area contributed by atoms with Crippen LogP contribution in [0.4, 0.5) is 0 Å². The molecule has 0 fully saturated rings. The highest BCUT2D eigenvalue weighted by atomic mass is 32.2. The molecule has 16 heavy (non-hydrogen) atoms. The molecular formula is C9H21N3O2S2. The van der Waals surface area contributed by atoms with Crippen molar-refractivity contribution in [2.24, 2.45) is 11.7 Å². The molecule has 0 aliphatic heterocycles. The van der Waals surface area contributed by atoms with Gasteiger partial charge in [-0.05, 0) is 12.8 Å². The summed E-state index contributed by atoms with van der Waals surface area (Å²) < 4.78 is 27.4. The van der Waals surface area contributed by atoms with Crippen molar-refractivity contribution in [1.29, 1.82) is 0 Å². The zero-order valence-corrected chi connectivity index (χ0v) is 11.9. The van der Waals surface area contributed by atoms with Gasteiger partial charge in [-0.25, -0.2) is 4.72 Å². The maximum atomic E-state index is 11.8. The molecule has 0 saturated heterocycles. The lowest BCUT2D eigenvalue weighted by Gasteiger charge is -2.24. The predicted molar refractivity (Wildman–Crippen MR) is 70.4 cm³/mol. The Bertz CT molecular complexity index is 328. The summed E-state index contributed by atoms with van der Waals surface area (Å²) >= 11 is 4.76. The topological polar surface area (TPSA) is 75.4 Å². The highest BCUT2D eigenvalue weighted by Gasteiger charge is 2.23. The van der Waals surface area contributed by atoms with Crippen LogP contribution in [-0.2, 0) is 10.2 Å². The molecule has 1 unspecified atom stereocenters. The van der Waals surface area contributed by atoms with Gasteiger partial charge in [-0.15, -0.1) is 0 Å². The van der Waals surface area contributed by atoms with Crippen molar-refractivity contribution < 1.29 is 8.42 Å². The number of rotatable bonds is 7. The lowest BCUT2D eigenvalue weighted by atomic mass is 10.2. The Balaban J connectivity index is 4.45. The van der Waals surface area contributed by atoms with Crippen molar-refractivity contribution in [3.05, 3.63) is 0 Å². The summed E-state index contributed by atoms with van der Waals surface area (Å²) in [6, 6.07) is -0.234. The fraction of sp³-hybridized carbons (Fsp3) is 0.889. The van der Waals surface area contributed by atoms with Gasteiger partial charge in [0.05, 0.1) is 4.99 Å². The second-order valence-corrected chi connectivity index (χ2v) is 6.62. The van der Waals surface area contributed by atoms with E-state index in [2.05, 4.69) is 4.72 Å². The highest BCUT2D eigenvalue weighted by molar-refractivity contribution is 7.87. The van der Waals surface area contributed by atoms with Gasteiger partial charge < -0.3 is 5.73 Å². The molecule has 0 bridgehead atoms. The molecule has 0 amide bonds. The van der Waals surface area contributed by atoms with Crippen molar-refractivity contribution in [1.82, 2.24) is 9.03 Å². The van der Waals surface area contributed by atoms with Gasteiger partial charge in [0.15, 0.2) is 0 Å². The summed E-state index contributed by atoms with van der Waals surface area (Å²) in [5.41, 5.74) is 5.39. The molecule has 0 saturated carbocycles.